The Morgan fingerprint density at radius 3 is 2.24 bits per heavy atom. The van der Waals surface area contributed by atoms with E-state index in [4.69, 9.17) is 27.9 Å². The van der Waals surface area contributed by atoms with Crippen LogP contribution < -0.4 is 4.74 Å². The molecule has 0 fully saturated rings. The molecule has 1 heterocycles. The van der Waals surface area contributed by atoms with Gasteiger partial charge in [0.1, 0.15) is 5.75 Å². The zero-order valence-corrected chi connectivity index (χ0v) is 10.7. The largest absolute Gasteiger partial charge is 0.424 e. The number of aromatic nitrogens is 3. The second-order valence-corrected chi connectivity index (χ2v) is 4.20. The number of nitrogens with zero attached hydrogens (tertiary/aromatic N) is 3. The zero-order chi connectivity index (χ0) is 12.4. The topological polar surface area (TPSA) is 47.9 Å². The molecule has 1 aromatic heterocycles. The SMILES string of the molecule is Cc1ccc(Oc2nc(Cl)nc(Cl)n2)c(C)c1. The van der Waals surface area contributed by atoms with Gasteiger partial charge >= 0.3 is 6.01 Å². The summed E-state index contributed by atoms with van der Waals surface area (Å²) in [6, 6.07) is 5.87. The van der Waals surface area contributed by atoms with Gasteiger partial charge in [0.2, 0.25) is 10.6 Å². The van der Waals surface area contributed by atoms with Crippen LogP contribution in [0.1, 0.15) is 11.1 Å². The van der Waals surface area contributed by atoms with E-state index in [0.29, 0.717) is 5.75 Å². The lowest BCUT2D eigenvalue weighted by Crippen LogP contribution is -1.96. The van der Waals surface area contributed by atoms with Crippen molar-refractivity contribution in [2.75, 3.05) is 0 Å². The summed E-state index contributed by atoms with van der Waals surface area (Å²) in [5.41, 5.74) is 2.14. The van der Waals surface area contributed by atoms with E-state index in [1.54, 1.807) is 0 Å². The minimum absolute atomic E-state index is 0.00441. The van der Waals surface area contributed by atoms with Crippen LogP contribution in [0.15, 0.2) is 18.2 Å². The fraction of sp³-hybridized carbons (Fsp3) is 0.182. The van der Waals surface area contributed by atoms with Crippen molar-refractivity contribution >= 4 is 23.2 Å². The summed E-state index contributed by atoms with van der Waals surface area (Å²) in [6.07, 6.45) is 0. The summed E-state index contributed by atoms with van der Waals surface area (Å²) in [5.74, 6) is 0.661. The van der Waals surface area contributed by atoms with Gasteiger partial charge in [0.25, 0.3) is 0 Å². The normalized spacial score (nSPS) is 10.4. The molecular formula is C11H9Cl2N3O. The molecule has 0 unspecified atom stereocenters. The molecule has 0 saturated heterocycles. The van der Waals surface area contributed by atoms with Crippen molar-refractivity contribution in [1.82, 2.24) is 15.0 Å². The number of ether oxygens (including phenoxy) is 1. The highest BCUT2D eigenvalue weighted by molar-refractivity contribution is 6.31. The van der Waals surface area contributed by atoms with Gasteiger partial charge in [0.05, 0.1) is 0 Å². The molecule has 2 rings (SSSR count). The molecule has 4 nitrogen and oxygen atoms in total. The predicted molar refractivity (Wildman–Crippen MR) is 65.8 cm³/mol. The first-order valence-electron chi connectivity index (χ1n) is 4.87. The smallest absolute Gasteiger partial charge is 0.327 e. The standard InChI is InChI=1S/C11H9Cl2N3O/c1-6-3-4-8(7(2)5-6)17-11-15-9(12)14-10(13)16-11/h3-5H,1-2H3. The third-order valence-electron chi connectivity index (χ3n) is 2.09. The molecule has 17 heavy (non-hydrogen) atoms. The second-order valence-electron chi connectivity index (χ2n) is 3.53. The van der Waals surface area contributed by atoms with Gasteiger partial charge < -0.3 is 4.74 Å². The van der Waals surface area contributed by atoms with Crippen LogP contribution in [-0.4, -0.2) is 15.0 Å². The highest BCUT2D eigenvalue weighted by Crippen LogP contribution is 2.24. The van der Waals surface area contributed by atoms with E-state index in [1.807, 2.05) is 32.0 Å². The van der Waals surface area contributed by atoms with E-state index in [1.165, 1.54) is 0 Å². The molecule has 0 amide bonds. The Hall–Kier alpha value is -1.39. The van der Waals surface area contributed by atoms with Crippen molar-refractivity contribution in [2.45, 2.75) is 13.8 Å². The molecule has 88 valence electrons. The summed E-state index contributed by atoms with van der Waals surface area (Å²) in [7, 11) is 0. The van der Waals surface area contributed by atoms with Crippen molar-refractivity contribution in [3.05, 3.63) is 39.9 Å². The van der Waals surface area contributed by atoms with Crippen LogP contribution in [-0.2, 0) is 0 Å². The Morgan fingerprint density at radius 2 is 1.65 bits per heavy atom. The van der Waals surface area contributed by atoms with E-state index in [9.17, 15) is 0 Å². The van der Waals surface area contributed by atoms with Crippen LogP contribution in [0.4, 0.5) is 0 Å². The number of aryl methyl sites for hydroxylation is 2. The van der Waals surface area contributed by atoms with Gasteiger partial charge in [-0.15, -0.1) is 0 Å². The van der Waals surface area contributed by atoms with Gasteiger partial charge in [-0.25, -0.2) is 0 Å². The van der Waals surface area contributed by atoms with Gasteiger partial charge in [-0.1, -0.05) is 17.7 Å². The molecule has 0 aliphatic carbocycles. The van der Waals surface area contributed by atoms with Crippen LogP contribution in [0.3, 0.4) is 0 Å². The molecule has 0 N–H and O–H groups in total. The fourth-order valence-corrected chi connectivity index (χ4v) is 1.71. The maximum atomic E-state index is 5.65. The fourth-order valence-electron chi connectivity index (χ4n) is 1.37. The molecule has 6 heteroatoms. The van der Waals surface area contributed by atoms with Gasteiger partial charge in [-0.3, -0.25) is 0 Å². The molecule has 0 aliphatic rings. The van der Waals surface area contributed by atoms with Crippen molar-refractivity contribution in [1.29, 1.82) is 0 Å². The van der Waals surface area contributed by atoms with E-state index in [2.05, 4.69) is 15.0 Å². The molecule has 0 spiro atoms. The predicted octanol–water partition coefficient (Wildman–Crippen LogP) is 3.59. The van der Waals surface area contributed by atoms with E-state index >= 15 is 0 Å². The van der Waals surface area contributed by atoms with Gasteiger partial charge in [0.15, 0.2) is 0 Å². The zero-order valence-electron chi connectivity index (χ0n) is 9.24. The summed E-state index contributed by atoms with van der Waals surface area (Å²) < 4.78 is 5.49. The first kappa shape index (κ1) is 12.1. The summed E-state index contributed by atoms with van der Waals surface area (Å²) >= 11 is 11.3. The number of hydrogen-bond acceptors (Lipinski definition) is 4. The molecule has 1 aromatic carbocycles. The first-order valence-corrected chi connectivity index (χ1v) is 5.62. The third kappa shape index (κ3) is 3.05. The molecule has 0 aliphatic heterocycles. The Bertz CT molecular complexity index is 540. The van der Waals surface area contributed by atoms with E-state index < -0.39 is 0 Å². The first-order chi connectivity index (χ1) is 8.04. The summed E-state index contributed by atoms with van der Waals surface area (Å²) in [4.78, 5) is 11.3. The molecule has 0 saturated carbocycles. The van der Waals surface area contributed by atoms with E-state index in [0.717, 1.165) is 11.1 Å². The quantitative estimate of drug-likeness (QED) is 0.836. The highest BCUT2D eigenvalue weighted by Gasteiger charge is 2.07. The van der Waals surface area contributed by atoms with E-state index in [-0.39, 0.29) is 16.6 Å². The van der Waals surface area contributed by atoms with Crippen molar-refractivity contribution < 1.29 is 4.74 Å². The van der Waals surface area contributed by atoms with Crippen LogP contribution in [0.25, 0.3) is 0 Å². The molecular weight excluding hydrogens is 261 g/mol. The number of rotatable bonds is 2. The Labute approximate surface area is 109 Å². The lowest BCUT2D eigenvalue weighted by molar-refractivity contribution is 0.436. The van der Waals surface area contributed by atoms with Crippen LogP contribution in [0.5, 0.6) is 11.8 Å². The second kappa shape index (κ2) is 4.85. The average molecular weight is 270 g/mol. The van der Waals surface area contributed by atoms with Crippen LogP contribution >= 0.6 is 23.2 Å². The van der Waals surface area contributed by atoms with Crippen molar-refractivity contribution in [3.63, 3.8) is 0 Å². The lowest BCUT2D eigenvalue weighted by Gasteiger charge is -2.07. The Balaban J connectivity index is 2.31. The maximum absolute atomic E-state index is 5.65. The monoisotopic (exact) mass is 269 g/mol. The summed E-state index contributed by atoms with van der Waals surface area (Å²) in [5, 5.41) is 0.00882. The lowest BCUT2D eigenvalue weighted by atomic mass is 10.1. The molecule has 0 atom stereocenters. The number of benzene rings is 1. The van der Waals surface area contributed by atoms with Gasteiger partial charge in [-0.05, 0) is 48.7 Å². The summed E-state index contributed by atoms with van der Waals surface area (Å²) in [6.45, 7) is 3.94. The third-order valence-corrected chi connectivity index (χ3v) is 2.43. The average Bonchev–Trinajstić information content (AvgIpc) is 2.21. The Morgan fingerprint density at radius 1 is 1.00 bits per heavy atom. The number of halogens is 2. The van der Waals surface area contributed by atoms with Crippen molar-refractivity contribution in [2.24, 2.45) is 0 Å². The molecule has 0 bridgehead atoms. The van der Waals surface area contributed by atoms with Crippen LogP contribution in [0, 0.1) is 13.8 Å². The maximum Gasteiger partial charge on any atom is 0.327 e. The highest BCUT2D eigenvalue weighted by atomic mass is 35.5. The van der Waals surface area contributed by atoms with Crippen molar-refractivity contribution in [3.8, 4) is 11.8 Å². The van der Waals surface area contributed by atoms with Gasteiger partial charge in [-0.2, -0.15) is 15.0 Å². The minimum Gasteiger partial charge on any atom is -0.424 e. The number of hydrogen-bond donors (Lipinski definition) is 0. The van der Waals surface area contributed by atoms with Crippen LogP contribution in [0.2, 0.25) is 10.6 Å². The molecule has 0 radical (unpaired) electrons. The molecule has 2 aromatic rings. The Kier molecular flexibility index (Phi) is 3.45. The minimum atomic E-state index is 0.00441. The van der Waals surface area contributed by atoms with Gasteiger partial charge in [0, 0.05) is 0 Å².